The summed E-state index contributed by atoms with van der Waals surface area (Å²) >= 11 is 0. The number of rotatable bonds is 7. The molecule has 152 valence electrons. The molecular formula is C19H24F3N5O. The van der Waals surface area contributed by atoms with Gasteiger partial charge in [0.15, 0.2) is 5.69 Å². The van der Waals surface area contributed by atoms with Gasteiger partial charge in [-0.05, 0) is 31.2 Å². The third-order valence-electron chi connectivity index (χ3n) is 4.70. The summed E-state index contributed by atoms with van der Waals surface area (Å²) in [4.78, 5) is 16.6. The normalized spacial score (nSPS) is 15.6. The lowest BCUT2D eigenvalue weighted by molar-refractivity contribution is -0.141. The molecule has 0 unspecified atom stereocenters. The van der Waals surface area contributed by atoms with E-state index in [0.29, 0.717) is 6.54 Å². The molecule has 1 aromatic heterocycles. The van der Waals surface area contributed by atoms with Crippen LogP contribution in [0, 0.1) is 0 Å². The molecule has 1 aliphatic heterocycles. The van der Waals surface area contributed by atoms with Gasteiger partial charge in [-0.3, -0.25) is 14.4 Å². The molecule has 0 saturated carbocycles. The Bertz CT molecular complexity index is 754. The average Bonchev–Trinajstić information content (AvgIpc) is 3.15. The zero-order valence-electron chi connectivity index (χ0n) is 15.5. The van der Waals surface area contributed by atoms with Crippen molar-refractivity contribution in [1.82, 2.24) is 20.0 Å². The number of aromatic nitrogens is 2. The minimum absolute atomic E-state index is 0.216. The molecule has 28 heavy (non-hydrogen) atoms. The quantitative estimate of drug-likeness (QED) is 0.731. The molecular weight excluding hydrogens is 371 g/mol. The Kier molecular flexibility index (Phi) is 6.56. The molecule has 1 fully saturated rings. The fraction of sp³-hybridized carbons (Fsp3) is 0.474. The molecule has 6 nitrogen and oxygen atoms in total. The molecule has 1 saturated heterocycles. The van der Waals surface area contributed by atoms with E-state index in [1.165, 1.54) is 5.69 Å². The van der Waals surface area contributed by atoms with Crippen molar-refractivity contribution in [3.8, 4) is 0 Å². The summed E-state index contributed by atoms with van der Waals surface area (Å²) in [6.45, 7) is 5.03. The maximum atomic E-state index is 12.5. The maximum Gasteiger partial charge on any atom is 0.435 e. The van der Waals surface area contributed by atoms with Crippen molar-refractivity contribution >= 4 is 11.6 Å². The van der Waals surface area contributed by atoms with Crippen molar-refractivity contribution in [3.05, 3.63) is 48.3 Å². The number of carbonyl (C=O) groups is 1. The van der Waals surface area contributed by atoms with Crippen LogP contribution in [0.5, 0.6) is 0 Å². The zero-order chi connectivity index (χ0) is 20.0. The van der Waals surface area contributed by atoms with Gasteiger partial charge in [0.05, 0.1) is 0 Å². The van der Waals surface area contributed by atoms with Crippen molar-refractivity contribution in [2.75, 3.05) is 44.2 Å². The molecule has 1 N–H and O–H groups in total. The molecule has 1 amide bonds. The number of nitrogens with zero attached hydrogens (tertiary/aromatic N) is 4. The number of piperazine rings is 1. The van der Waals surface area contributed by atoms with E-state index in [9.17, 15) is 18.0 Å². The van der Waals surface area contributed by atoms with Crippen LogP contribution in [0.4, 0.5) is 18.9 Å². The average molecular weight is 395 g/mol. The first-order valence-corrected chi connectivity index (χ1v) is 9.31. The molecule has 1 aromatic carbocycles. The highest BCUT2D eigenvalue weighted by Gasteiger charge is 2.33. The molecule has 9 heteroatoms. The van der Waals surface area contributed by atoms with Gasteiger partial charge >= 0.3 is 6.18 Å². The third-order valence-corrected chi connectivity index (χ3v) is 4.70. The van der Waals surface area contributed by atoms with E-state index in [2.05, 4.69) is 32.3 Å². The second-order valence-electron chi connectivity index (χ2n) is 6.76. The van der Waals surface area contributed by atoms with Crippen LogP contribution in [0.1, 0.15) is 12.1 Å². The van der Waals surface area contributed by atoms with E-state index >= 15 is 0 Å². The minimum Gasteiger partial charge on any atom is -0.369 e. The Morgan fingerprint density at radius 2 is 1.79 bits per heavy atom. The van der Waals surface area contributed by atoms with E-state index in [4.69, 9.17) is 0 Å². The highest BCUT2D eigenvalue weighted by molar-refractivity contribution is 5.75. The Morgan fingerprint density at radius 1 is 1.07 bits per heavy atom. The number of anilines is 1. The van der Waals surface area contributed by atoms with Crippen molar-refractivity contribution in [1.29, 1.82) is 0 Å². The van der Waals surface area contributed by atoms with E-state index in [-0.39, 0.29) is 12.5 Å². The van der Waals surface area contributed by atoms with Crippen LogP contribution in [-0.4, -0.2) is 59.9 Å². The number of halogens is 3. The third kappa shape index (κ3) is 5.72. The highest BCUT2D eigenvalue weighted by atomic mass is 19.4. The topological polar surface area (TPSA) is 53.4 Å². The van der Waals surface area contributed by atoms with E-state index in [1.54, 1.807) is 0 Å². The van der Waals surface area contributed by atoms with Crippen LogP contribution in [0.3, 0.4) is 0 Å². The van der Waals surface area contributed by atoms with Crippen LogP contribution in [0.25, 0.3) is 0 Å². The lowest BCUT2D eigenvalue weighted by Crippen LogP contribution is -2.47. The predicted octanol–water partition coefficient (Wildman–Crippen LogP) is 2.23. The van der Waals surface area contributed by atoms with Crippen molar-refractivity contribution in [2.45, 2.75) is 19.1 Å². The first kappa shape index (κ1) is 20.2. The molecule has 2 aromatic rings. The van der Waals surface area contributed by atoms with Crippen molar-refractivity contribution in [2.24, 2.45) is 0 Å². The molecule has 0 aliphatic carbocycles. The fourth-order valence-electron chi connectivity index (χ4n) is 3.20. The Morgan fingerprint density at radius 3 is 2.43 bits per heavy atom. The molecule has 0 radical (unpaired) electrons. The second kappa shape index (κ2) is 9.09. The van der Waals surface area contributed by atoms with Crippen LogP contribution in [0.2, 0.25) is 0 Å². The monoisotopic (exact) mass is 395 g/mol. The largest absolute Gasteiger partial charge is 0.435 e. The van der Waals surface area contributed by atoms with Gasteiger partial charge < -0.3 is 10.2 Å². The summed E-state index contributed by atoms with van der Waals surface area (Å²) in [5.41, 5.74) is 0.247. The lowest BCUT2D eigenvalue weighted by atomic mass is 10.2. The van der Waals surface area contributed by atoms with E-state index < -0.39 is 11.9 Å². The summed E-state index contributed by atoms with van der Waals surface area (Å²) < 4.78 is 38.5. The van der Waals surface area contributed by atoms with E-state index in [0.717, 1.165) is 56.1 Å². The van der Waals surface area contributed by atoms with Gasteiger partial charge in [0, 0.05) is 44.6 Å². The fourth-order valence-corrected chi connectivity index (χ4v) is 3.20. The summed E-state index contributed by atoms with van der Waals surface area (Å²) in [6, 6.07) is 11.2. The smallest absolute Gasteiger partial charge is 0.369 e. The number of para-hydroxylation sites is 1. The summed E-state index contributed by atoms with van der Waals surface area (Å²) in [7, 11) is 0. The molecule has 2 heterocycles. The predicted molar refractivity (Wildman–Crippen MR) is 100.0 cm³/mol. The van der Waals surface area contributed by atoms with Gasteiger partial charge in [-0.15, -0.1) is 0 Å². The maximum absolute atomic E-state index is 12.5. The van der Waals surface area contributed by atoms with Crippen LogP contribution < -0.4 is 10.2 Å². The zero-order valence-corrected chi connectivity index (χ0v) is 15.5. The molecule has 0 spiro atoms. The van der Waals surface area contributed by atoms with Crippen LogP contribution in [-0.2, 0) is 17.5 Å². The first-order chi connectivity index (χ1) is 13.4. The first-order valence-electron chi connectivity index (χ1n) is 9.31. The van der Waals surface area contributed by atoms with Gasteiger partial charge in [0.2, 0.25) is 5.91 Å². The summed E-state index contributed by atoms with van der Waals surface area (Å²) in [6.07, 6.45) is -2.54. The van der Waals surface area contributed by atoms with Gasteiger partial charge in [0.1, 0.15) is 6.54 Å². The standard InChI is InChI=1S/C19H24F3N5O/c20-19(21,22)17-7-10-27(24-17)15-18(28)23-8-4-9-25-11-13-26(14-12-25)16-5-2-1-3-6-16/h1-3,5-7,10H,4,8-9,11-15H2,(H,23,28). The minimum atomic E-state index is -4.49. The summed E-state index contributed by atoms with van der Waals surface area (Å²) in [5, 5.41) is 6.11. The van der Waals surface area contributed by atoms with Gasteiger partial charge in [0.25, 0.3) is 0 Å². The number of benzene rings is 1. The van der Waals surface area contributed by atoms with Crippen LogP contribution >= 0.6 is 0 Å². The lowest BCUT2D eigenvalue weighted by Gasteiger charge is -2.36. The second-order valence-corrected chi connectivity index (χ2v) is 6.76. The number of carbonyl (C=O) groups excluding carboxylic acids is 1. The molecule has 3 rings (SSSR count). The Balaban J connectivity index is 1.31. The van der Waals surface area contributed by atoms with Crippen molar-refractivity contribution < 1.29 is 18.0 Å². The SMILES string of the molecule is O=C(Cn1ccc(C(F)(F)F)n1)NCCCN1CCN(c2ccccc2)CC1. The molecule has 0 atom stereocenters. The number of alkyl halides is 3. The Hall–Kier alpha value is -2.55. The van der Waals surface area contributed by atoms with Crippen molar-refractivity contribution in [3.63, 3.8) is 0 Å². The number of hydrogen-bond donors (Lipinski definition) is 1. The summed E-state index contributed by atoms with van der Waals surface area (Å²) in [5.74, 6) is -0.342. The molecule has 0 bridgehead atoms. The number of amides is 1. The van der Waals surface area contributed by atoms with Gasteiger partial charge in [-0.1, -0.05) is 18.2 Å². The van der Waals surface area contributed by atoms with E-state index in [1.807, 2.05) is 18.2 Å². The van der Waals surface area contributed by atoms with Gasteiger partial charge in [-0.2, -0.15) is 18.3 Å². The van der Waals surface area contributed by atoms with Crippen LogP contribution in [0.15, 0.2) is 42.6 Å². The van der Waals surface area contributed by atoms with Gasteiger partial charge in [-0.25, -0.2) is 0 Å². The highest BCUT2D eigenvalue weighted by Crippen LogP contribution is 2.27. The number of nitrogens with one attached hydrogen (secondary N) is 1. The number of hydrogen-bond acceptors (Lipinski definition) is 4. The molecule has 1 aliphatic rings. The Labute approximate surface area is 161 Å².